The largest absolute Gasteiger partial charge is 0.459 e. The lowest BCUT2D eigenvalue weighted by molar-refractivity contribution is 0.0685. The summed E-state index contributed by atoms with van der Waals surface area (Å²) >= 11 is 1.29. The second-order valence-corrected chi connectivity index (χ2v) is 7.82. The van der Waals surface area contributed by atoms with Gasteiger partial charge in [0, 0.05) is 18.9 Å². The fourth-order valence-corrected chi connectivity index (χ4v) is 4.38. The van der Waals surface area contributed by atoms with Gasteiger partial charge in [-0.05, 0) is 54.8 Å². The van der Waals surface area contributed by atoms with E-state index in [1.54, 1.807) is 36.7 Å². The number of thiophene rings is 1. The van der Waals surface area contributed by atoms with E-state index in [0.717, 1.165) is 37.8 Å². The van der Waals surface area contributed by atoms with E-state index < -0.39 is 0 Å². The van der Waals surface area contributed by atoms with Gasteiger partial charge in [0.2, 0.25) is 0 Å². The van der Waals surface area contributed by atoms with E-state index in [4.69, 9.17) is 4.42 Å². The highest BCUT2D eigenvalue weighted by atomic mass is 32.1. The number of hydrogen-bond donors (Lipinski definition) is 1. The molecule has 0 spiro atoms. The zero-order chi connectivity index (χ0) is 19.3. The van der Waals surface area contributed by atoms with E-state index in [1.807, 2.05) is 17.0 Å². The van der Waals surface area contributed by atoms with Crippen LogP contribution >= 0.6 is 11.3 Å². The molecule has 144 valence electrons. The zero-order valence-corrected chi connectivity index (χ0v) is 16.2. The molecule has 7 heteroatoms. The predicted molar refractivity (Wildman–Crippen MR) is 107 cm³/mol. The lowest BCUT2D eigenvalue weighted by Crippen LogP contribution is -2.34. The Hall–Kier alpha value is -2.93. The molecular weight excluding hydrogens is 374 g/mol. The van der Waals surface area contributed by atoms with Gasteiger partial charge in [-0.1, -0.05) is 12.8 Å². The topological polar surface area (TPSA) is 75.4 Å². The number of rotatable bonds is 4. The number of hydrogen-bond acceptors (Lipinski definition) is 5. The molecule has 1 saturated heterocycles. The Kier molecular flexibility index (Phi) is 5.53. The van der Waals surface area contributed by atoms with E-state index in [-0.39, 0.29) is 23.6 Å². The summed E-state index contributed by atoms with van der Waals surface area (Å²) in [6, 6.07) is 10.8. The van der Waals surface area contributed by atoms with Crippen LogP contribution in [0, 0.1) is 0 Å². The Morgan fingerprint density at radius 1 is 1.11 bits per heavy atom. The first kappa shape index (κ1) is 18.4. The van der Waals surface area contributed by atoms with E-state index >= 15 is 0 Å². The number of carbonyl (C=O) groups is 2. The highest BCUT2D eigenvalue weighted by Crippen LogP contribution is 2.33. The van der Waals surface area contributed by atoms with Gasteiger partial charge in [-0.3, -0.25) is 14.6 Å². The third-order valence-corrected chi connectivity index (χ3v) is 5.89. The highest BCUT2D eigenvalue weighted by molar-refractivity contribution is 7.18. The number of nitrogens with zero attached hydrogens (tertiary/aromatic N) is 2. The van der Waals surface area contributed by atoms with Crippen molar-refractivity contribution in [3.8, 4) is 0 Å². The van der Waals surface area contributed by atoms with Crippen LogP contribution in [0.1, 0.15) is 57.5 Å². The number of amides is 2. The fraction of sp³-hybridized carbons (Fsp3) is 0.286. The molecule has 1 aliphatic rings. The molecule has 1 aliphatic heterocycles. The molecule has 1 fully saturated rings. The van der Waals surface area contributed by atoms with Gasteiger partial charge in [0.05, 0.1) is 22.2 Å². The minimum Gasteiger partial charge on any atom is -0.459 e. The van der Waals surface area contributed by atoms with Crippen LogP contribution in [0.15, 0.2) is 59.5 Å². The first-order valence-electron chi connectivity index (χ1n) is 9.38. The highest BCUT2D eigenvalue weighted by Gasteiger charge is 2.28. The van der Waals surface area contributed by atoms with Gasteiger partial charge in [0.25, 0.3) is 11.8 Å². The van der Waals surface area contributed by atoms with Crippen LogP contribution in [0.3, 0.4) is 0 Å². The molecule has 1 atom stereocenters. The number of aromatic nitrogens is 1. The number of pyridine rings is 1. The zero-order valence-electron chi connectivity index (χ0n) is 15.3. The normalized spacial score (nSPS) is 17.1. The van der Waals surface area contributed by atoms with Crippen LogP contribution in [0.25, 0.3) is 0 Å². The smallest absolute Gasteiger partial charge is 0.291 e. The lowest BCUT2D eigenvalue weighted by atomic mass is 10.0. The van der Waals surface area contributed by atoms with Crippen molar-refractivity contribution in [1.29, 1.82) is 0 Å². The Balaban J connectivity index is 1.52. The van der Waals surface area contributed by atoms with Crippen molar-refractivity contribution in [3.05, 3.63) is 71.3 Å². The molecule has 0 aliphatic carbocycles. The number of likely N-dealkylation sites (tertiary alicyclic amines) is 1. The Bertz CT molecular complexity index is 937. The van der Waals surface area contributed by atoms with E-state index in [2.05, 4.69) is 10.3 Å². The molecule has 3 aromatic rings. The second-order valence-electron chi connectivity index (χ2n) is 6.74. The summed E-state index contributed by atoms with van der Waals surface area (Å²) in [5.41, 5.74) is 1.12. The Labute approximate surface area is 167 Å². The van der Waals surface area contributed by atoms with Gasteiger partial charge < -0.3 is 14.6 Å². The quantitative estimate of drug-likeness (QED) is 0.692. The van der Waals surface area contributed by atoms with E-state index in [0.29, 0.717) is 9.88 Å². The average Bonchev–Trinajstić information content (AvgIpc) is 3.36. The third-order valence-electron chi connectivity index (χ3n) is 4.90. The molecule has 2 amide bonds. The molecule has 4 heterocycles. The molecular formula is C21H21N3O3S. The third kappa shape index (κ3) is 3.99. The van der Waals surface area contributed by atoms with Crippen molar-refractivity contribution in [2.45, 2.75) is 31.7 Å². The lowest BCUT2D eigenvalue weighted by Gasteiger charge is -2.30. The maximum absolute atomic E-state index is 13.3. The maximum atomic E-state index is 13.3. The molecule has 28 heavy (non-hydrogen) atoms. The first-order valence-corrected chi connectivity index (χ1v) is 10.2. The SMILES string of the molecule is O=C(Nc1ccc(C(=O)N2CCCCC[C@@H]2c2ccncc2)s1)c1ccco1. The Morgan fingerprint density at radius 2 is 1.96 bits per heavy atom. The van der Waals surface area contributed by atoms with Gasteiger partial charge in [-0.15, -0.1) is 11.3 Å². The van der Waals surface area contributed by atoms with Gasteiger partial charge in [-0.2, -0.15) is 0 Å². The molecule has 1 N–H and O–H groups in total. The van der Waals surface area contributed by atoms with Gasteiger partial charge in [0.15, 0.2) is 5.76 Å². The average molecular weight is 395 g/mol. The minimum atomic E-state index is -0.324. The fourth-order valence-electron chi connectivity index (χ4n) is 3.53. The number of carbonyl (C=O) groups excluding carboxylic acids is 2. The summed E-state index contributed by atoms with van der Waals surface area (Å²) in [6.45, 7) is 0.734. The second kappa shape index (κ2) is 8.39. The molecule has 3 aromatic heterocycles. The van der Waals surface area contributed by atoms with Crippen molar-refractivity contribution < 1.29 is 14.0 Å². The summed E-state index contributed by atoms with van der Waals surface area (Å²) in [5.74, 6) is -0.0750. The van der Waals surface area contributed by atoms with E-state index in [1.165, 1.54) is 17.6 Å². The monoisotopic (exact) mass is 395 g/mol. The van der Waals surface area contributed by atoms with Crippen molar-refractivity contribution in [3.63, 3.8) is 0 Å². The summed E-state index contributed by atoms with van der Waals surface area (Å²) in [7, 11) is 0. The Morgan fingerprint density at radius 3 is 2.75 bits per heavy atom. The van der Waals surface area contributed by atoms with Crippen molar-refractivity contribution >= 4 is 28.2 Å². The van der Waals surface area contributed by atoms with Crippen LogP contribution in [-0.2, 0) is 0 Å². The van der Waals surface area contributed by atoms with Crippen LogP contribution in [-0.4, -0.2) is 28.2 Å². The summed E-state index contributed by atoms with van der Waals surface area (Å²) < 4.78 is 5.11. The molecule has 0 saturated carbocycles. The molecule has 0 bridgehead atoms. The van der Waals surface area contributed by atoms with Gasteiger partial charge >= 0.3 is 0 Å². The van der Waals surface area contributed by atoms with Crippen LogP contribution < -0.4 is 5.32 Å². The molecule has 6 nitrogen and oxygen atoms in total. The number of nitrogens with one attached hydrogen (secondary N) is 1. The summed E-state index contributed by atoms with van der Waals surface area (Å²) in [5, 5.41) is 3.41. The molecule has 0 aromatic carbocycles. The molecule has 0 unspecified atom stereocenters. The predicted octanol–water partition coefficient (Wildman–Crippen LogP) is 4.75. The van der Waals surface area contributed by atoms with E-state index in [9.17, 15) is 9.59 Å². The van der Waals surface area contributed by atoms with Crippen molar-refractivity contribution in [2.24, 2.45) is 0 Å². The number of furan rings is 1. The van der Waals surface area contributed by atoms with Crippen LogP contribution in [0.4, 0.5) is 5.00 Å². The number of anilines is 1. The van der Waals surface area contributed by atoms with Crippen LogP contribution in [0.2, 0.25) is 0 Å². The summed E-state index contributed by atoms with van der Waals surface area (Å²) in [4.78, 5) is 32.1. The summed E-state index contributed by atoms with van der Waals surface area (Å²) in [6.07, 6.45) is 9.18. The van der Waals surface area contributed by atoms with Gasteiger partial charge in [0.1, 0.15) is 0 Å². The van der Waals surface area contributed by atoms with Crippen molar-refractivity contribution in [2.75, 3.05) is 11.9 Å². The van der Waals surface area contributed by atoms with Crippen molar-refractivity contribution in [1.82, 2.24) is 9.88 Å². The minimum absolute atomic E-state index is 0.00668. The maximum Gasteiger partial charge on any atom is 0.291 e. The molecule has 4 rings (SSSR count). The first-order chi connectivity index (χ1) is 13.7. The van der Waals surface area contributed by atoms with Gasteiger partial charge in [-0.25, -0.2) is 0 Å². The molecule has 0 radical (unpaired) electrons. The standard InChI is InChI=1S/C21H21N3O3S/c25-20(17-6-4-14-27-17)23-19-8-7-18(28-19)21(26)24-13-3-1-2-5-16(24)15-9-11-22-12-10-15/h4,6-12,14,16H,1-3,5,13H2,(H,23,25)/t16-/m1/s1. The van der Waals surface area contributed by atoms with Crippen LogP contribution in [0.5, 0.6) is 0 Å².